The molecule has 0 aliphatic heterocycles. The average Bonchev–Trinajstić information content (AvgIpc) is 2.55. The van der Waals surface area contributed by atoms with Gasteiger partial charge in [-0.3, -0.25) is 4.79 Å². The van der Waals surface area contributed by atoms with Crippen molar-refractivity contribution in [3.63, 3.8) is 0 Å². The Morgan fingerprint density at radius 2 is 1.93 bits per heavy atom. The summed E-state index contributed by atoms with van der Waals surface area (Å²) in [6.45, 7) is 0.448. The second kappa shape index (κ2) is 9.34. The van der Waals surface area contributed by atoms with E-state index < -0.39 is 15.8 Å². The lowest BCUT2D eigenvalue weighted by atomic mass is 10.1. The van der Waals surface area contributed by atoms with Gasteiger partial charge in [0.25, 0.3) is 0 Å². The highest BCUT2D eigenvalue weighted by Gasteiger charge is 2.17. The summed E-state index contributed by atoms with van der Waals surface area (Å²) in [5.74, 6) is -0.115. The molecule has 0 aliphatic carbocycles. The Hall–Kier alpha value is -1.90. The Kier molecular flexibility index (Phi) is 7.41. The van der Waals surface area contributed by atoms with Gasteiger partial charge in [0.2, 0.25) is 0 Å². The van der Waals surface area contributed by atoms with Crippen molar-refractivity contribution in [3.8, 4) is 11.5 Å². The molecule has 27 heavy (non-hydrogen) atoms. The molecule has 0 atom stereocenters. The van der Waals surface area contributed by atoms with E-state index in [-0.39, 0.29) is 17.9 Å². The second-order valence-corrected chi connectivity index (χ2v) is 9.57. The van der Waals surface area contributed by atoms with E-state index in [1.54, 1.807) is 42.5 Å². The summed E-state index contributed by atoms with van der Waals surface area (Å²) < 4.78 is 31.5. The normalized spacial score (nSPS) is 11.6. The summed E-state index contributed by atoms with van der Waals surface area (Å²) in [6.07, 6.45) is -0.108. The number of carbonyl (C=O) groups is 1. The van der Waals surface area contributed by atoms with Crippen molar-refractivity contribution in [2.45, 2.75) is 12.2 Å². The topological polar surface area (TPSA) is 83.9 Å². The number of hydrogen-bond donors (Lipinski definition) is 1. The maximum atomic E-state index is 12.4. The van der Waals surface area contributed by atoms with Crippen molar-refractivity contribution in [3.05, 3.63) is 58.1 Å². The molecule has 0 amide bonds. The summed E-state index contributed by atoms with van der Waals surface area (Å²) in [4.78, 5) is 12.7. The van der Waals surface area contributed by atoms with Crippen LogP contribution >= 0.6 is 15.9 Å². The Labute approximate surface area is 167 Å². The number of benzene rings is 2. The Morgan fingerprint density at radius 3 is 2.59 bits per heavy atom. The largest absolute Gasteiger partial charge is 0.481 e. The molecule has 0 aliphatic rings. The fraction of sp³-hybridized carbons (Fsp3) is 0.316. The first-order valence-electron chi connectivity index (χ1n) is 8.27. The zero-order chi connectivity index (χ0) is 20.0. The molecule has 2 aromatic carbocycles. The maximum absolute atomic E-state index is 12.4. The number of hydrogen-bond acceptors (Lipinski definition) is 5. The van der Waals surface area contributed by atoms with Crippen LogP contribution in [0.4, 0.5) is 0 Å². The molecule has 8 heteroatoms. The SMILES string of the molecule is CN(C)CCS(=O)(=O)Cc1cc(Br)ccc1Oc1cccc(CC(=O)O)c1. The predicted octanol–water partition coefficient (Wildman–Crippen LogP) is 3.34. The maximum Gasteiger partial charge on any atom is 0.307 e. The van der Waals surface area contributed by atoms with Crippen LogP contribution in [0.25, 0.3) is 0 Å². The van der Waals surface area contributed by atoms with Gasteiger partial charge in [0.05, 0.1) is 17.9 Å². The van der Waals surface area contributed by atoms with E-state index in [0.29, 0.717) is 29.2 Å². The van der Waals surface area contributed by atoms with Gasteiger partial charge in [-0.1, -0.05) is 28.1 Å². The molecule has 146 valence electrons. The molecule has 0 heterocycles. The first-order chi connectivity index (χ1) is 12.6. The highest BCUT2D eigenvalue weighted by Crippen LogP contribution is 2.30. The van der Waals surface area contributed by atoms with Crippen molar-refractivity contribution in [2.75, 3.05) is 26.4 Å². The minimum absolute atomic E-state index is 0.0556. The lowest BCUT2D eigenvalue weighted by Gasteiger charge is -2.14. The number of halogens is 1. The third kappa shape index (κ3) is 7.32. The zero-order valence-corrected chi connectivity index (χ0v) is 17.6. The molecule has 2 rings (SSSR count). The summed E-state index contributed by atoms with van der Waals surface area (Å²) in [7, 11) is 0.348. The monoisotopic (exact) mass is 455 g/mol. The smallest absolute Gasteiger partial charge is 0.307 e. The number of nitrogens with zero attached hydrogens (tertiary/aromatic N) is 1. The fourth-order valence-corrected chi connectivity index (χ4v) is 4.31. The quantitative estimate of drug-likeness (QED) is 0.623. The summed E-state index contributed by atoms with van der Waals surface area (Å²) in [5, 5.41) is 8.92. The highest BCUT2D eigenvalue weighted by molar-refractivity contribution is 9.10. The van der Waals surface area contributed by atoms with Crippen molar-refractivity contribution in [2.24, 2.45) is 0 Å². The lowest BCUT2D eigenvalue weighted by Crippen LogP contribution is -2.22. The lowest BCUT2D eigenvalue weighted by molar-refractivity contribution is -0.136. The predicted molar refractivity (Wildman–Crippen MR) is 108 cm³/mol. The van der Waals surface area contributed by atoms with E-state index in [1.165, 1.54) is 0 Å². The van der Waals surface area contributed by atoms with Crippen LogP contribution in [0, 0.1) is 0 Å². The zero-order valence-electron chi connectivity index (χ0n) is 15.2. The van der Waals surface area contributed by atoms with E-state index >= 15 is 0 Å². The third-order valence-corrected chi connectivity index (χ3v) is 5.78. The number of carboxylic acid groups (broad SMARTS) is 1. The number of ether oxygens (including phenoxy) is 1. The molecule has 0 radical (unpaired) electrons. The number of sulfone groups is 1. The number of aliphatic carboxylic acids is 1. The Morgan fingerprint density at radius 1 is 1.19 bits per heavy atom. The van der Waals surface area contributed by atoms with E-state index in [4.69, 9.17) is 9.84 Å². The highest BCUT2D eigenvalue weighted by atomic mass is 79.9. The van der Waals surface area contributed by atoms with E-state index in [2.05, 4.69) is 15.9 Å². The number of rotatable bonds is 9. The standard InChI is InChI=1S/C19H22BrNO5S/c1-21(2)8-9-27(24,25)13-15-12-16(20)6-7-18(15)26-17-5-3-4-14(10-17)11-19(22)23/h3-7,10,12H,8-9,11,13H2,1-2H3,(H,22,23). The van der Waals surface area contributed by atoms with Crippen LogP contribution in [0.3, 0.4) is 0 Å². The van der Waals surface area contributed by atoms with Crippen molar-refractivity contribution in [1.29, 1.82) is 0 Å². The van der Waals surface area contributed by atoms with Crippen LogP contribution in [0.5, 0.6) is 11.5 Å². The van der Waals surface area contributed by atoms with Crippen LogP contribution in [-0.2, 0) is 26.8 Å². The van der Waals surface area contributed by atoms with Crippen LogP contribution < -0.4 is 4.74 Å². The molecule has 2 aromatic rings. The first kappa shape index (κ1) is 21.4. The van der Waals surface area contributed by atoms with Gasteiger partial charge in [0.1, 0.15) is 11.5 Å². The molecule has 0 spiro atoms. The van der Waals surface area contributed by atoms with E-state index in [1.807, 2.05) is 19.0 Å². The second-order valence-electron chi connectivity index (χ2n) is 6.47. The molecular weight excluding hydrogens is 434 g/mol. The van der Waals surface area contributed by atoms with Gasteiger partial charge in [-0.25, -0.2) is 8.42 Å². The van der Waals surface area contributed by atoms with Gasteiger partial charge in [-0.15, -0.1) is 0 Å². The Bertz CT molecular complexity index is 912. The molecule has 6 nitrogen and oxygen atoms in total. The molecule has 0 unspecified atom stereocenters. The van der Waals surface area contributed by atoms with E-state index in [0.717, 1.165) is 4.47 Å². The average molecular weight is 456 g/mol. The van der Waals surface area contributed by atoms with Gasteiger partial charge >= 0.3 is 5.97 Å². The minimum atomic E-state index is -3.31. The van der Waals surface area contributed by atoms with Gasteiger partial charge in [0.15, 0.2) is 9.84 Å². The van der Waals surface area contributed by atoms with Crippen LogP contribution in [0.2, 0.25) is 0 Å². The molecule has 0 saturated heterocycles. The van der Waals surface area contributed by atoms with Gasteiger partial charge < -0.3 is 14.7 Å². The van der Waals surface area contributed by atoms with Gasteiger partial charge in [-0.2, -0.15) is 0 Å². The molecule has 0 saturated carbocycles. The molecule has 0 fully saturated rings. The van der Waals surface area contributed by atoms with Gasteiger partial charge in [-0.05, 0) is 50.0 Å². The fourth-order valence-electron chi connectivity index (χ4n) is 2.41. The molecule has 1 N–H and O–H groups in total. The van der Waals surface area contributed by atoms with Crippen LogP contribution in [0.15, 0.2) is 46.9 Å². The summed E-state index contributed by atoms with van der Waals surface area (Å²) in [5.41, 5.74) is 1.16. The van der Waals surface area contributed by atoms with Crippen molar-refractivity contribution >= 4 is 31.7 Å². The number of carboxylic acids is 1. The molecule has 0 aromatic heterocycles. The van der Waals surface area contributed by atoms with Crippen LogP contribution in [-0.4, -0.2) is 50.8 Å². The Balaban J connectivity index is 2.24. The summed E-state index contributed by atoms with van der Waals surface area (Å²) in [6, 6.07) is 12.0. The third-order valence-electron chi connectivity index (χ3n) is 3.73. The molecular formula is C19H22BrNO5S. The van der Waals surface area contributed by atoms with Crippen molar-refractivity contribution < 1.29 is 23.1 Å². The molecule has 0 bridgehead atoms. The first-order valence-corrected chi connectivity index (χ1v) is 10.9. The van der Waals surface area contributed by atoms with Crippen LogP contribution in [0.1, 0.15) is 11.1 Å². The van der Waals surface area contributed by atoms with Crippen molar-refractivity contribution in [1.82, 2.24) is 4.90 Å². The van der Waals surface area contributed by atoms with E-state index in [9.17, 15) is 13.2 Å². The minimum Gasteiger partial charge on any atom is -0.481 e. The summed E-state index contributed by atoms with van der Waals surface area (Å²) >= 11 is 3.37. The van der Waals surface area contributed by atoms with Gasteiger partial charge in [0, 0.05) is 16.6 Å².